The lowest BCUT2D eigenvalue weighted by atomic mass is 10.1. The van der Waals surface area contributed by atoms with E-state index in [0.717, 1.165) is 18.4 Å². The third-order valence-corrected chi connectivity index (χ3v) is 5.76. The van der Waals surface area contributed by atoms with Gasteiger partial charge in [0.1, 0.15) is 0 Å². The van der Waals surface area contributed by atoms with Crippen LogP contribution in [0.15, 0.2) is 47.4 Å². The van der Waals surface area contributed by atoms with Gasteiger partial charge in [0, 0.05) is 18.2 Å². The molecule has 8 heteroatoms. The van der Waals surface area contributed by atoms with Crippen LogP contribution in [0.5, 0.6) is 11.5 Å². The highest BCUT2D eigenvalue weighted by Crippen LogP contribution is 2.27. The summed E-state index contributed by atoms with van der Waals surface area (Å²) in [5.41, 5.74) is 1.25. The molecule has 0 heterocycles. The second-order valence-corrected chi connectivity index (χ2v) is 8.01. The molecule has 3 rings (SSSR count). The van der Waals surface area contributed by atoms with Gasteiger partial charge in [-0.3, -0.25) is 4.79 Å². The zero-order valence-electron chi connectivity index (χ0n) is 15.2. The second kappa shape index (κ2) is 7.98. The fourth-order valence-electron chi connectivity index (χ4n) is 2.55. The molecule has 1 amide bonds. The van der Waals surface area contributed by atoms with Crippen LogP contribution in [0.1, 0.15) is 28.8 Å². The molecule has 0 bridgehead atoms. The van der Waals surface area contributed by atoms with E-state index in [1.54, 1.807) is 26.4 Å². The topological polar surface area (TPSA) is 93.7 Å². The second-order valence-electron chi connectivity index (χ2n) is 6.29. The van der Waals surface area contributed by atoms with Gasteiger partial charge in [0.2, 0.25) is 10.0 Å². The van der Waals surface area contributed by atoms with Crippen molar-refractivity contribution in [1.82, 2.24) is 10.0 Å². The van der Waals surface area contributed by atoms with Crippen molar-refractivity contribution in [3.05, 3.63) is 53.6 Å². The maximum atomic E-state index is 12.3. The van der Waals surface area contributed by atoms with Crippen LogP contribution in [-0.4, -0.2) is 34.6 Å². The van der Waals surface area contributed by atoms with E-state index in [1.165, 1.54) is 24.3 Å². The third kappa shape index (κ3) is 4.78. The van der Waals surface area contributed by atoms with Gasteiger partial charge in [0.05, 0.1) is 19.1 Å². The normalized spacial score (nSPS) is 13.9. The first kappa shape index (κ1) is 19.2. The van der Waals surface area contributed by atoms with Crippen molar-refractivity contribution in [3.8, 4) is 11.5 Å². The fourth-order valence-corrected chi connectivity index (χ4v) is 3.85. The van der Waals surface area contributed by atoms with E-state index in [-0.39, 0.29) is 16.8 Å². The zero-order valence-corrected chi connectivity index (χ0v) is 16.0. The highest BCUT2D eigenvalue weighted by Gasteiger charge is 2.27. The van der Waals surface area contributed by atoms with Crippen LogP contribution >= 0.6 is 0 Å². The number of methoxy groups -OCH3 is 2. The van der Waals surface area contributed by atoms with Crippen LogP contribution in [0.3, 0.4) is 0 Å². The Morgan fingerprint density at radius 2 is 1.70 bits per heavy atom. The van der Waals surface area contributed by atoms with E-state index in [2.05, 4.69) is 10.0 Å². The number of carbonyl (C=O) groups excluding carboxylic acids is 1. The molecule has 1 saturated carbocycles. The fraction of sp³-hybridized carbons (Fsp3) is 0.316. The highest BCUT2D eigenvalue weighted by atomic mass is 32.2. The number of carbonyl (C=O) groups is 1. The molecule has 1 aliphatic rings. The molecular formula is C19H22N2O5S. The van der Waals surface area contributed by atoms with Crippen molar-refractivity contribution in [2.75, 3.05) is 14.2 Å². The smallest absolute Gasteiger partial charge is 0.251 e. The minimum atomic E-state index is -3.52. The molecule has 2 aromatic rings. The maximum absolute atomic E-state index is 12.3. The Morgan fingerprint density at radius 3 is 2.30 bits per heavy atom. The van der Waals surface area contributed by atoms with Crippen LogP contribution in [0.25, 0.3) is 0 Å². The van der Waals surface area contributed by atoms with Crippen molar-refractivity contribution in [2.24, 2.45) is 0 Å². The van der Waals surface area contributed by atoms with Gasteiger partial charge in [-0.2, -0.15) is 0 Å². The molecule has 2 N–H and O–H groups in total. The summed E-state index contributed by atoms with van der Waals surface area (Å²) in [6.07, 6.45) is 1.74. The minimum Gasteiger partial charge on any atom is -0.493 e. The Morgan fingerprint density at radius 1 is 1.04 bits per heavy atom. The number of hydrogen-bond donors (Lipinski definition) is 2. The highest BCUT2D eigenvalue weighted by molar-refractivity contribution is 7.89. The van der Waals surface area contributed by atoms with Crippen LogP contribution in [-0.2, 0) is 16.6 Å². The van der Waals surface area contributed by atoms with Gasteiger partial charge in [0.25, 0.3) is 5.91 Å². The van der Waals surface area contributed by atoms with E-state index < -0.39 is 10.0 Å². The van der Waals surface area contributed by atoms with Gasteiger partial charge in [-0.25, -0.2) is 13.1 Å². The lowest BCUT2D eigenvalue weighted by Gasteiger charge is -2.11. The predicted molar refractivity (Wildman–Crippen MR) is 101 cm³/mol. The molecule has 0 unspecified atom stereocenters. The van der Waals surface area contributed by atoms with E-state index in [9.17, 15) is 13.2 Å². The van der Waals surface area contributed by atoms with Crippen molar-refractivity contribution < 1.29 is 22.7 Å². The van der Waals surface area contributed by atoms with Crippen molar-refractivity contribution in [3.63, 3.8) is 0 Å². The number of sulfonamides is 1. The number of amides is 1. The summed E-state index contributed by atoms with van der Waals surface area (Å²) in [6, 6.07) is 11.3. The Balaban J connectivity index is 1.62. The summed E-state index contributed by atoms with van der Waals surface area (Å²) in [4.78, 5) is 12.5. The summed E-state index contributed by atoms with van der Waals surface area (Å²) in [5.74, 6) is 0.912. The molecular weight excluding hydrogens is 368 g/mol. The Bertz CT molecular complexity index is 922. The summed E-state index contributed by atoms with van der Waals surface area (Å²) in [5, 5.41) is 2.80. The zero-order chi connectivity index (χ0) is 19.4. The van der Waals surface area contributed by atoms with Crippen molar-refractivity contribution in [1.29, 1.82) is 0 Å². The Kier molecular flexibility index (Phi) is 5.67. The van der Waals surface area contributed by atoms with Crippen molar-refractivity contribution >= 4 is 15.9 Å². The van der Waals surface area contributed by atoms with Crippen molar-refractivity contribution in [2.45, 2.75) is 30.3 Å². The van der Waals surface area contributed by atoms with Crippen LogP contribution in [0.4, 0.5) is 0 Å². The van der Waals surface area contributed by atoms with Gasteiger partial charge in [-0.1, -0.05) is 6.07 Å². The van der Waals surface area contributed by atoms with Gasteiger partial charge >= 0.3 is 0 Å². The van der Waals surface area contributed by atoms with E-state index >= 15 is 0 Å². The third-order valence-electron chi connectivity index (χ3n) is 4.23. The van der Waals surface area contributed by atoms with Gasteiger partial charge < -0.3 is 14.8 Å². The van der Waals surface area contributed by atoms with Gasteiger partial charge in [-0.05, 0) is 54.8 Å². The first-order valence-corrected chi connectivity index (χ1v) is 10.0. The molecule has 1 fully saturated rings. The molecule has 0 saturated heterocycles. The molecule has 0 aliphatic heterocycles. The first-order valence-electron chi connectivity index (χ1n) is 8.54. The summed E-state index contributed by atoms with van der Waals surface area (Å²) in [6.45, 7) is 0.308. The quantitative estimate of drug-likeness (QED) is 0.720. The number of rotatable bonds is 8. The minimum absolute atomic E-state index is 0.0412. The van der Waals surface area contributed by atoms with Gasteiger partial charge in [0.15, 0.2) is 11.5 Å². The number of ether oxygens (including phenoxy) is 2. The average molecular weight is 390 g/mol. The summed E-state index contributed by atoms with van der Waals surface area (Å²) < 4.78 is 37.3. The van der Waals surface area contributed by atoms with E-state index in [0.29, 0.717) is 23.6 Å². The Hall–Kier alpha value is -2.58. The summed E-state index contributed by atoms with van der Waals surface area (Å²) >= 11 is 0. The monoisotopic (exact) mass is 390 g/mol. The summed E-state index contributed by atoms with van der Waals surface area (Å²) in [7, 11) is -0.408. The molecule has 0 atom stereocenters. The van der Waals surface area contributed by atoms with E-state index in [1.807, 2.05) is 6.07 Å². The molecule has 7 nitrogen and oxygen atoms in total. The van der Waals surface area contributed by atoms with Crippen LogP contribution in [0.2, 0.25) is 0 Å². The standard InChI is InChI=1S/C19H22N2O5S/c1-25-17-10-3-13(11-18(17)26-2)12-20-19(22)14-4-8-16(9-5-14)27(23,24)21-15-6-7-15/h3-5,8-11,15,21H,6-7,12H2,1-2H3,(H,20,22). The molecule has 1 aliphatic carbocycles. The average Bonchev–Trinajstić information content (AvgIpc) is 3.49. The molecule has 2 aromatic carbocycles. The molecule has 0 aromatic heterocycles. The maximum Gasteiger partial charge on any atom is 0.251 e. The SMILES string of the molecule is COc1ccc(CNC(=O)c2ccc(S(=O)(=O)NC3CC3)cc2)cc1OC. The van der Waals surface area contributed by atoms with Crippen LogP contribution < -0.4 is 19.5 Å². The molecule has 144 valence electrons. The lowest BCUT2D eigenvalue weighted by Crippen LogP contribution is -2.26. The van der Waals surface area contributed by atoms with Gasteiger partial charge in [-0.15, -0.1) is 0 Å². The molecule has 27 heavy (non-hydrogen) atoms. The first-order chi connectivity index (χ1) is 12.9. The number of nitrogens with one attached hydrogen (secondary N) is 2. The van der Waals surface area contributed by atoms with Crippen LogP contribution in [0, 0.1) is 0 Å². The lowest BCUT2D eigenvalue weighted by molar-refractivity contribution is 0.0950. The molecule has 0 spiro atoms. The Labute approximate surface area is 158 Å². The largest absolute Gasteiger partial charge is 0.493 e. The number of benzene rings is 2. The predicted octanol–water partition coefficient (Wildman–Crippen LogP) is 2.07. The number of hydrogen-bond acceptors (Lipinski definition) is 5. The van der Waals surface area contributed by atoms with E-state index in [4.69, 9.17) is 9.47 Å². The molecule has 0 radical (unpaired) electrons.